The van der Waals surface area contributed by atoms with Crippen LogP contribution in [0.2, 0.25) is 0 Å². The van der Waals surface area contributed by atoms with Crippen molar-refractivity contribution >= 4 is 12.4 Å². The van der Waals surface area contributed by atoms with E-state index in [1.54, 1.807) is 6.07 Å². The molecule has 1 aromatic rings. The van der Waals surface area contributed by atoms with E-state index in [9.17, 15) is 4.39 Å². The van der Waals surface area contributed by atoms with E-state index in [1.807, 2.05) is 12.1 Å². The second-order valence-electron chi connectivity index (χ2n) is 3.21. The predicted molar refractivity (Wildman–Crippen MR) is 53.9 cm³/mol. The van der Waals surface area contributed by atoms with Gasteiger partial charge in [0.25, 0.3) is 0 Å². The summed E-state index contributed by atoms with van der Waals surface area (Å²) in [5.74, 6) is 0.317. The summed E-state index contributed by atoms with van der Waals surface area (Å²) in [6.45, 7) is 1.93. The molecule has 0 aromatic heterocycles. The Kier molecular flexibility index (Phi) is 3.70. The van der Waals surface area contributed by atoms with Crippen LogP contribution in [-0.2, 0) is 0 Å². The van der Waals surface area contributed by atoms with Crippen molar-refractivity contribution in [3.05, 3.63) is 35.6 Å². The molecule has 0 amide bonds. The number of halogens is 2. The maximum absolute atomic E-state index is 13.2. The van der Waals surface area contributed by atoms with Gasteiger partial charge >= 0.3 is 0 Å². The number of hydrogen-bond donors (Lipinski definition) is 1. The Morgan fingerprint density at radius 2 is 2.08 bits per heavy atom. The van der Waals surface area contributed by atoms with Gasteiger partial charge in [-0.2, -0.15) is 0 Å². The zero-order chi connectivity index (χ0) is 8.39. The van der Waals surface area contributed by atoms with E-state index in [0.717, 1.165) is 25.1 Å². The Bertz CT molecular complexity index is 271. The summed E-state index contributed by atoms with van der Waals surface area (Å²) in [4.78, 5) is 0. The van der Waals surface area contributed by atoms with E-state index >= 15 is 0 Å². The van der Waals surface area contributed by atoms with E-state index in [1.165, 1.54) is 6.07 Å². The third-order valence-corrected chi connectivity index (χ3v) is 2.41. The average Bonchev–Trinajstić information content (AvgIpc) is 2.57. The fourth-order valence-corrected chi connectivity index (χ4v) is 1.73. The molecule has 1 aliphatic rings. The zero-order valence-corrected chi connectivity index (χ0v) is 8.11. The Balaban J connectivity index is 0.000000845. The van der Waals surface area contributed by atoms with Crippen molar-refractivity contribution in [3.63, 3.8) is 0 Å². The molecule has 1 nitrogen and oxygen atoms in total. The molecule has 0 radical (unpaired) electrons. The summed E-state index contributed by atoms with van der Waals surface area (Å²) < 4.78 is 13.2. The Hall–Kier alpha value is -0.600. The normalized spacial score (nSPS) is 21.2. The van der Waals surface area contributed by atoms with E-state index < -0.39 is 0 Å². The lowest BCUT2D eigenvalue weighted by molar-refractivity contribution is 0.588. The van der Waals surface area contributed by atoms with Crippen molar-refractivity contribution in [3.8, 4) is 0 Å². The first kappa shape index (κ1) is 10.5. The lowest BCUT2D eigenvalue weighted by Gasteiger charge is -2.08. The molecule has 0 aliphatic carbocycles. The highest BCUT2D eigenvalue weighted by atomic mass is 35.5. The highest BCUT2D eigenvalue weighted by molar-refractivity contribution is 5.85. The Morgan fingerprint density at radius 3 is 2.69 bits per heavy atom. The van der Waals surface area contributed by atoms with Crippen LogP contribution in [0.4, 0.5) is 4.39 Å². The minimum absolute atomic E-state index is 0. The van der Waals surface area contributed by atoms with Crippen LogP contribution in [0.15, 0.2) is 24.3 Å². The molecule has 1 atom stereocenters. The van der Waals surface area contributed by atoms with Crippen molar-refractivity contribution in [1.29, 1.82) is 0 Å². The zero-order valence-electron chi connectivity index (χ0n) is 7.29. The van der Waals surface area contributed by atoms with Gasteiger partial charge in [-0.1, -0.05) is 18.2 Å². The molecule has 13 heavy (non-hydrogen) atoms. The third-order valence-electron chi connectivity index (χ3n) is 2.41. The highest BCUT2D eigenvalue weighted by Gasteiger charge is 2.18. The molecule has 1 aromatic carbocycles. The largest absolute Gasteiger partial charge is 0.316 e. The van der Waals surface area contributed by atoms with Crippen molar-refractivity contribution in [1.82, 2.24) is 5.32 Å². The summed E-state index contributed by atoms with van der Waals surface area (Å²) in [6.07, 6.45) is 1.06. The van der Waals surface area contributed by atoms with Crippen LogP contribution in [0, 0.1) is 5.82 Å². The van der Waals surface area contributed by atoms with Crippen molar-refractivity contribution < 1.29 is 4.39 Å². The van der Waals surface area contributed by atoms with Crippen molar-refractivity contribution in [2.75, 3.05) is 13.1 Å². The van der Waals surface area contributed by atoms with Crippen LogP contribution >= 0.6 is 12.4 Å². The number of benzene rings is 1. The maximum atomic E-state index is 13.2. The second-order valence-corrected chi connectivity index (χ2v) is 3.21. The minimum Gasteiger partial charge on any atom is -0.316 e. The predicted octanol–water partition coefficient (Wildman–Crippen LogP) is 2.32. The number of rotatable bonds is 1. The molecule has 1 fully saturated rings. The van der Waals surface area contributed by atoms with E-state index in [2.05, 4.69) is 5.32 Å². The van der Waals surface area contributed by atoms with E-state index in [0.29, 0.717) is 5.92 Å². The van der Waals surface area contributed by atoms with Crippen LogP contribution in [0.5, 0.6) is 0 Å². The molecule has 3 heteroatoms. The molecule has 0 spiro atoms. The topological polar surface area (TPSA) is 12.0 Å². The molecular formula is C10H13ClFN. The summed E-state index contributed by atoms with van der Waals surface area (Å²) in [5, 5.41) is 3.23. The Morgan fingerprint density at radius 1 is 1.31 bits per heavy atom. The summed E-state index contributed by atoms with van der Waals surface area (Å²) >= 11 is 0. The first-order valence-corrected chi connectivity index (χ1v) is 4.33. The monoisotopic (exact) mass is 201 g/mol. The third kappa shape index (κ3) is 2.20. The maximum Gasteiger partial charge on any atom is 0.126 e. The summed E-state index contributed by atoms with van der Waals surface area (Å²) in [6, 6.07) is 7.05. The summed E-state index contributed by atoms with van der Waals surface area (Å²) in [7, 11) is 0. The Labute approximate surface area is 83.8 Å². The van der Waals surface area contributed by atoms with Crippen LogP contribution in [0.3, 0.4) is 0 Å². The molecule has 1 unspecified atom stereocenters. The molecule has 0 bridgehead atoms. The lowest BCUT2D eigenvalue weighted by atomic mass is 9.98. The van der Waals surface area contributed by atoms with Crippen LogP contribution in [0.1, 0.15) is 17.9 Å². The summed E-state index contributed by atoms with van der Waals surface area (Å²) in [5.41, 5.74) is 0.863. The molecule has 1 heterocycles. The van der Waals surface area contributed by atoms with E-state index in [4.69, 9.17) is 0 Å². The van der Waals surface area contributed by atoms with Gasteiger partial charge in [-0.3, -0.25) is 0 Å². The van der Waals surface area contributed by atoms with Crippen LogP contribution in [0.25, 0.3) is 0 Å². The first-order chi connectivity index (χ1) is 5.88. The second kappa shape index (κ2) is 4.58. The highest BCUT2D eigenvalue weighted by Crippen LogP contribution is 2.24. The molecule has 1 N–H and O–H groups in total. The van der Waals surface area contributed by atoms with Crippen LogP contribution in [-0.4, -0.2) is 13.1 Å². The smallest absolute Gasteiger partial charge is 0.126 e. The fourth-order valence-electron chi connectivity index (χ4n) is 1.73. The van der Waals surface area contributed by atoms with Gasteiger partial charge in [0.05, 0.1) is 0 Å². The molecule has 72 valence electrons. The van der Waals surface area contributed by atoms with Gasteiger partial charge in [0, 0.05) is 12.5 Å². The molecule has 1 saturated heterocycles. The molecule has 0 saturated carbocycles. The standard InChI is InChI=1S/C10H12FN.ClH/c11-10-4-2-1-3-9(10)8-5-6-12-7-8;/h1-4,8,12H,5-7H2;1H. The number of hydrogen-bond acceptors (Lipinski definition) is 1. The molecule has 1 aliphatic heterocycles. The van der Waals surface area contributed by atoms with Gasteiger partial charge in [0.15, 0.2) is 0 Å². The van der Waals surface area contributed by atoms with Gasteiger partial charge < -0.3 is 5.32 Å². The molecular weight excluding hydrogens is 189 g/mol. The van der Waals surface area contributed by atoms with Crippen molar-refractivity contribution in [2.24, 2.45) is 0 Å². The van der Waals surface area contributed by atoms with Gasteiger partial charge in [-0.15, -0.1) is 12.4 Å². The van der Waals surface area contributed by atoms with E-state index in [-0.39, 0.29) is 18.2 Å². The quantitative estimate of drug-likeness (QED) is 0.736. The van der Waals surface area contributed by atoms with Gasteiger partial charge in [-0.05, 0) is 24.6 Å². The minimum atomic E-state index is -0.0637. The van der Waals surface area contributed by atoms with Gasteiger partial charge in [0.2, 0.25) is 0 Å². The average molecular weight is 202 g/mol. The first-order valence-electron chi connectivity index (χ1n) is 4.33. The van der Waals surface area contributed by atoms with Gasteiger partial charge in [0.1, 0.15) is 5.82 Å². The number of nitrogens with one attached hydrogen (secondary N) is 1. The van der Waals surface area contributed by atoms with Crippen molar-refractivity contribution in [2.45, 2.75) is 12.3 Å². The lowest BCUT2D eigenvalue weighted by Crippen LogP contribution is -2.08. The fraction of sp³-hybridized carbons (Fsp3) is 0.400. The van der Waals surface area contributed by atoms with Crippen LogP contribution < -0.4 is 5.32 Å². The van der Waals surface area contributed by atoms with Gasteiger partial charge in [-0.25, -0.2) is 4.39 Å². The molecule has 2 rings (SSSR count). The SMILES string of the molecule is Cl.Fc1ccccc1C1CCNC1.